The van der Waals surface area contributed by atoms with Gasteiger partial charge in [-0.2, -0.15) is 0 Å². The number of hydrogen-bond donors (Lipinski definition) is 0. The van der Waals surface area contributed by atoms with Crippen LogP contribution in [-0.4, -0.2) is 62.3 Å². The second-order valence-corrected chi connectivity index (χ2v) is 9.76. The summed E-state index contributed by atoms with van der Waals surface area (Å²) in [7, 11) is -1.47. The lowest BCUT2D eigenvalue weighted by molar-refractivity contribution is 0.0664. The van der Waals surface area contributed by atoms with E-state index in [0.717, 1.165) is 26.2 Å². The van der Waals surface area contributed by atoms with E-state index in [-0.39, 0.29) is 16.6 Å². The maximum Gasteiger partial charge on any atom is 0.253 e. The molecule has 8 heteroatoms. The van der Waals surface area contributed by atoms with Crippen molar-refractivity contribution in [3.05, 3.63) is 71.6 Å². The molecule has 1 aliphatic rings. The van der Waals surface area contributed by atoms with Gasteiger partial charge < -0.3 is 14.2 Å². The molecule has 0 bridgehead atoms. The van der Waals surface area contributed by atoms with E-state index in [2.05, 4.69) is 9.88 Å². The highest BCUT2D eigenvalue weighted by Gasteiger charge is 2.22. The summed E-state index contributed by atoms with van der Waals surface area (Å²) < 4.78 is 31.1. The first-order chi connectivity index (χ1) is 14.8. The van der Waals surface area contributed by atoms with Crippen molar-refractivity contribution in [2.45, 2.75) is 17.6 Å². The summed E-state index contributed by atoms with van der Waals surface area (Å²) in [5.41, 5.74) is 1.70. The molecule has 2 heterocycles. The Balaban J connectivity index is 1.50. The lowest BCUT2D eigenvalue weighted by Crippen LogP contribution is -2.47. The molecule has 7 nitrogen and oxygen atoms in total. The standard InChI is InChI=1S/C23H25N3O4S/c1-17-21(16-31(28,29)20-6-4-3-5-7-20)24-22(30-17)18-8-10-19(11-9-18)23(27)26-14-12-25(2)13-15-26/h3-11H,12-16H2,1-2H3. The number of nitrogens with zero attached hydrogens (tertiary/aromatic N) is 3. The minimum Gasteiger partial charge on any atom is -0.441 e. The SMILES string of the molecule is Cc1oc(-c2ccc(C(=O)N3CCN(C)CC3)cc2)nc1CS(=O)(=O)c1ccccc1. The van der Waals surface area contributed by atoms with E-state index in [1.165, 1.54) is 0 Å². The highest BCUT2D eigenvalue weighted by atomic mass is 32.2. The van der Waals surface area contributed by atoms with Crippen LogP contribution in [0, 0.1) is 6.92 Å². The Morgan fingerprint density at radius 3 is 2.29 bits per heavy atom. The van der Waals surface area contributed by atoms with Crippen molar-refractivity contribution in [3.63, 3.8) is 0 Å². The Labute approximate surface area is 182 Å². The van der Waals surface area contributed by atoms with Gasteiger partial charge in [0.1, 0.15) is 11.5 Å². The van der Waals surface area contributed by atoms with Gasteiger partial charge in [0.15, 0.2) is 9.84 Å². The highest BCUT2D eigenvalue weighted by molar-refractivity contribution is 7.90. The van der Waals surface area contributed by atoms with E-state index in [1.54, 1.807) is 61.5 Å². The molecule has 0 saturated carbocycles. The summed E-state index contributed by atoms with van der Waals surface area (Å²) in [5.74, 6) is 0.589. The first-order valence-electron chi connectivity index (χ1n) is 10.2. The number of oxazole rings is 1. The smallest absolute Gasteiger partial charge is 0.253 e. The molecule has 0 N–H and O–H groups in total. The van der Waals surface area contributed by atoms with Gasteiger partial charge in [0, 0.05) is 37.3 Å². The molecule has 1 aliphatic heterocycles. The van der Waals surface area contributed by atoms with Gasteiger partial charge >= 0.3 is 0 Å². The van der Waals surface area contributed by atoms with Crippen LogP contribution >= 0.6 is 0 Å². The zero-order valence-corrected chi connectivity index (χ0v) is 18.4. The number of carbonyl (C=O) groups excluding carboxylic acids is 1. The summed E-state index contributed by atoms with van der Waals surface area (Å²) in [5, 5.41) is 0. The molecule has 162 valence electrons. The third kappa shape index (κ3) is 4.70. The Hall–Kier alpha value is -2.97. The molecule has 4 rings (SSSR count). The van der Waals surface area contributed by atoms with Crippen LogP contribution in [0.15, 0.2) is 63.9 Å². The fourth-order valence-electron chi connectivity index (χ4n) is 3.52. The quantitative estimate of drug-likeness (QED) is 0.608. The van der Waals surface area contributed by atoms with Crippen molar-refractivity contribution in [2.75, 3.05) is 33.2 Å². The number of piperazine rings is 1. The number of hydrogen-bond acceptors (Lipinski definition) is 6. The molecule has 0 unspecified atom stereocenters. The number of aryl methyl sites for hydroxylation is 1. The molecule has 3 aromatic rings. The minimum atomic E-state index is -3.52. The number of aromatic nitrogens is 1. The zero-order valence-electron chi connectivity index (χ0n) is 17.6. The fourth-order valence-corrected chi connectivity index (χ4v) is 4.89. The van der Waals surface area contributed by atoms with Crippen molar-refractivity contribution >= 4 is 15.7 Å². The van der Waals surface area contributed by atoms with Crippen LogP contribution < -0.4 is 0 Å². The Morgan fingerprint density at radius 1 is 1.00 bits per heavy atom. The largest absolute Gasteiger partial charge is 0.441 e. The van der Waals surface area contributed by atoms with Crippen molar-refractivity contribution in [1.82, 2.24) is 14.8 Å². The normalized spacial score (nSPS) is 15.2. The summed E-state index contributed by atoms with van der Waals surface area (Å²) in [6.45, 7) is 4.88. The second kappa shape index (κ2) is 8.64. The number of carbonyl (C=O) groups is 1. The number of rotatable bonds is 5. The number of likely N-dealkylation sites (N-methyl/N-ethyl adjacent to an activating group) is 1. The van der Waals surface area contributed by atoms with Crippen molar-refractivity contribution in [3.8, 4) is 11.5 Å². The summed E-state index contributed by atoms with van der Waals surface area (Å²) >= 11 is 0. The number of amides is 1. The van der Waals surface area contributed by atoms with Gasteiger partial charge in [-0.1, -0.05) is 18.2 Å². The van der Waals surface area contributed by atoms with Gasteiger partial charge in [-0.3, -0.25) is 4.79 Å². The molecule has 0 atom stereocenters. The average molecular weight is 440 g/mol. The third-order valence-electron chi connectivity index (χ3n) is 5.49. The molecular weight excluding hydrogens is 414 g/mol. The van der Waals surface area contributed by atoms with E-state index < -0.39 is 9.84 Å². The average Bonchev–Trinajstić information content (AvgIpc) is 3.14. The maximum atomic E-state index is 12.7. The molecule has 2 aromatic carbocycles. The number of benzene rings is 2. The Kier molecular flexibility index (Phi) is 5.93. The Morgan fingerprint density at radius 2 is 1.65 bits per heavy atom. The predicted molar refractivity (Wildman–Crippen MR) is 117 cm³/mol. The summed E-state index contributed by atoms with van der Waals surface area (Å²) in [6.07, 6.45) is 0. The second-order valence-electron chi connectivity index (χ2n) is 7.77. The van der Waals surface area contributed by atoms with E-state index in [4.69, 9.17) is 4.42 Å². The monoisotopic (exact) mass is 439 g/mol. The van der Waals surface area contributed by atoms with Crippen LogP contribution in [0.25, 0.3) is 11.5 Å². The summed E-state index contributed by atoms with van der Waals surface area (Å²) in [4.78, 5) is 21.4. The van der Waals surface area contributed by atoms with Crippen LogP contribution in [0.4, 0.5) is 0 Å². The van der Waals surface area contributed by atoms with Gasteiger partial charge in [0.2, 0.25) is 5.89 Å². The third-order valence-corrected chi connectivity index (χ3v) is 7.13. The van der Waals surface area contributed by atoms with E-state index >= 15 is 0 Å². The van der Waals surface area contributed by atoms with Gasteiger partial charge in [0.05, 0.1) is 10.6 Å². The molecule has 1 aromatic heterocycles. The van der Waals surface area contributed by atoms with Crippen molar-refractivity contribution in [2.24, 2.45) is 0 Å². The van der Waals surface area contributed by atoms with E-state index in [9.17, 15) is 13.2 Å². The molecule has 1 saturated heterocycles. The van der Waals surface area contributed by atoms with Crippen LogP contribution in [0.1, 0.15) is 21.8 Å². The highest BCUT2D eigenvalue weighted by Crippen LogP contribution is 2.25. The first kappa shape index (κ1) is 21.3. The Bertz CT molecular complexity index is 1160. The maximum absolute atomic E-state index is 12.7. The van der Waals surface area contributed by atoms with Crippen molar-refractivity contribution in [1.29, 1.82) is 0 Å². The molecule has 1 fully saturated rings. The lowest BCUT2D eigenvalue weighted by Gasteiger charge is -2.32. The van der Waals surface area contributed by atoms with Crippen molar-refractivity contribution < 1.29 is 17.6 Å². The van der Waals surface area contributed by atoms with E-state index in [0.29, 0.717) is 28.5 Å². The molecule has 1 amide bonds. The van der Waals surface area contributed by atoms with Gasteiger partial charge in [-0.25, -0.2) is 13.4 Å². The molecule has 0 aliphatic carbocycles. The molecule has 0 spiro atoms. The van der Waals surface area contributed by atoms with Crippen LogP contribution in [-0.2, 0) is 15.6 Å². The van der Waals surface area contributed by atoms with Gasteiger partial charge in [0.25, 0.3) is 5.91 Å². The fraction of sp³-hybridized carbons (Fsp3) is 0.304. The first-order valence-corrected chi connectivity index (χ1v) is 11.8. The van der Waals surface area contributed by atoms with Crippen LogP contribution in [0.5, 0.6) is 0 Å². The molecule has 31 heavy (non-hydrogen) atoms. The van der Waals surface area contributed by atoms with Crippen LogP contribution in [0.2, 0.25) is 0 Å². The number of sulfone groups is 1. The lowest BCUT2D eigenvalue weighted by atomic mass is 10.1. The zero-order chi connectivity index (χ0) is 22.0. The van der Waals surface area contributed by atoms with Crippen LogP contribution in [0.3, 0.4) is 0 Å². The topological polar surface area (TPSA) is 83.7 Å². The summed E-state index contributed by atoms with van der Waals surface area (Å²) in [6, 6.07) is 15.4. The van der Waals surface area contributed by atoms with Gasteiger partial charge in [-0.05, 0) is 50.4 Å². The van der Waals surface area contributed by atoms with Gasteiger partial charge in [-0.15, -0.1) is 0 Å². The molecular formula is C23H25N3O4S. The predicted octanol–water partition coefficient (Wildman–Crippen LogP) is 3.01. The van der Waals surface area contributed by atoms with E-state index in [1.807, 2.05) is 11.9 Å². The molecule has 0 radical (unpaired) electrons. The minimum absolute atomic E-state index is 0.0119.